The van der Waals surface area contributed by atoms with E-state index < -0.39 is 50.1 Å². The summed E-state index contributed by atoms with van der Waals surface area (Å²) in [4.78, 5) is 48.5. The van der Waals surface area contributed by atoms with Gasteiger partial charge in [-0.25, -0.2) is 0 Å². The molecule has 0 aliphatic carbocycles. The molecule has 13 nitrogen and oxygen atoms in total. The number of benzene rings is 3. The zero-order chi connectivity index (χ0) is 34.8. The molecule has 252 valence electrons. The molecular weight excluding hydrogens is 642 g/mol. The molecule has 0 bridgehead atoms. The summed E-state index contributed by atoms with van der Waals surface area (Å²) in [5.41, 5.74) is 3.09. The third-order valence-electron chi connectivity index (χ3n) is 7.02. The fourth-order valence-corrected chi connectivity index (χ4v) is 6.11. The highest BCUT2D eigenvalue weighted by Crippen LogP contribution is 2.32. The maximum absolute atomic E-state index is 11.6. The van der Waals surface area contributed by atoms with Crippen LogP contribution in [0.4, 0.5) is 11.4 Å². The Bertz CT molecular complexity index is 1810. The summed E-state index contributed by atoms with van der Waals surface area (Å²) < 4.78 is 15.2. The molecule has 0 aliphatic heterocycles. The fourth-order valence-electron chi connectivity index (χ4n) is 5.04. The second kappa shape index (κ2) is 16.3. The molecule has 0 amide bonds. The Morgan fingerprint density at radius 3 is 1.81 bits per heavy atom. The number of carbonyl (C=O) groups is 4. The molecule has 0 saturated heterocycles. The van der Waals surface area contributed by atoms with Crippen LogP contribution in [0.15, 0.2) is 60.7 Å². The van der Waals surface area contributed by atoms with Crippen molar-refractivity contribution >= 4 is 69.1 Å². The Morgan fingerprint density at radius 2 is 1.27 bits per heavy atom. The summed E-state index contributed by atoms with van der Waals surface area (Å²) in [6, 6.07) is 18.0. The molecule has 1 aromatic heterocycles. The number of aryl methyl sites for hydroxylation is 2. The third kappa shape index (κ3) is 9.45. The number of carboxylic acids is 4. The predicted molar refractivity (Wildman–Crippen MR) is 180 cm³/mol. The Kier molecular flexibility index (Phi) is 11.9. The highest BCUT2D eigenvalue weighted by atomic mass is 32.1. The minimum absolute atomic E-state index is 0.0571. The van der Waals surface area contributed by atoms with Gasteiger partial charge >= 0.3 is 23.9 Å². The van der Waals surface area contributed by atoms with Crippen LogP contribution in [0, 0.1) is 6.92 Å². The number of rotatable bonds is 18. The number of para-hydroxylation sites is 1. The number of fused-ring (bicyclic) bond motifs is 1. The SMILES string of the molecule is CCc1sc2ccccc2[n+]1C=Cc1ccc(N(CC(=O)O)CC(=O)O)c(OCCOc2cc(C)ccc2N(CC(=O)O)CC(=O)O)c1. The molecule has 0 spiro atoms. The van der Waals surface area contributed by atoms with Crippen molar-refractivity contribution in [2.24, 2.45) is 0 Å². The molecule has 0 atom stereocenters. The molecule has 1 heterocycles. The second-order valence-electron chi connectivity index (χ2n) is 10.7. The Labute approximate surface area is 280 Å². The van der Waals surface area contributed by atoms with Gasteiger partial charge in [-0.05, 0) is 48.4 Å². The van der Waals surface area contributed by atoms with Gasteiger partial charge in [-0.3, -0.25) is 19.2 Å². The number of hydrogen-bond acceptors (Lipinski definition) is 9. The molecule has 0 unspecified atom stereocenters. The second-order valence-corrected chi connectivity index (χ2v) is 11.8. The standard InChI is InChI=1S/C34H35N3O10S/c1-3-30-37(26-6-4-5-7-29(26)48-30)13-12-23-9-11-25(36(20-33(42)43)21-34(44)45)28(17-23)47-15-14-46-27-16-22(2)8-10-24(27)35(18-31(38)39)19-32(40)41/h4-13,16-17H,3,14-15,18-21H2,1-2H3,(H3-,38,39,40,41,42,43,44,45)/p+1. The molecule has 0 fully saturated rings. The minimum Gasteiger partial charge on any atom is -0.488 e. The molecule has 4 aromatic rings. The van der Waals surface area contributed by atoms with Crippen molar-refractivity contribution in [3.8, 4) is 11.5 Å². The van der Waals surface area contributed by atoms with E-state index >= 15 is 0 Å². The number of aliphatic carboxylic acids is 4. The molecule has 0 radical (unpaired) electrons. The first-order valence-electron chi connectivity index (χ1n) is 14.9. The summed E-state index contributed by atoms with van der Waals surface area (Å²) in [5, 5.41) is 38.8. The first-order chi connectivity index (χ1) is 22.9. The van der Waals surface area contributed by atoms with E-state index in [1.807, 2.05) is 30.5 Å². The van der Waals surface area contributed by atoms with Gasteiger partial charge in [-0.1, -0.05) is 42.5 Å². The highest BCUT2D eigenvalue weighted by Gasteiger charge is 2.21. The first-order valence-corrected chi connectivity index (χ1v) is 15.7. The van der Waals surface area contributed by atoms with Gasteiger partial charge in [0.2, 0.25) is 10.5 Å². The van der Waals surface area contributed by atoms with Gasteiger partial charge in [0.25, 0.3) is 0 Å². The molecule has 4 rings (SSSR count). The van der Waals surface area contributed by atoms with Crippen LogP contribution >= 0.6 is 11.3 Å². The van der Waals surface area contributed by atoms with Crippen molar-refractivity contribution in [3.05, 3.63) is 76.8 Å². The summed E-state index contributed by atoms with van der Waals surface area (Å²) in [7, 11) is 0. The van der Waals surface area contributed by atoms with Gasteiger partial charge in [-0.15, -0.1) is 0 Å². The fraction of sp³-hybridized carbons (Fsp3) is 0.265. The van der Waals surface area contributed by atoms with E-state index in [0.29, 0.717) is 5.56 Å². The maximum atomic E-state index is 11.6. The van der Waals surface area contributed by atoms with Gasteiger partial charge in [0, 0.05) is 18.6 Å². The topological polar surface area (TPSA) is 178 Å². The minimum atomic E-state index is -1.22. The van der Waals surface area contributed by atoms with Crippen molar-refractivity contribution in [2.75, 3.05) is 49.2 Å². The predicted octanol–water partition coefficient (Wildman–Crippen LogP) is 4.10. The Balaban J connectivity index is 1.61. The Hall–Kier alpha value is -5.63. The van der Waals surface area contributed by atoms with Crippen molar-refractivity contribution in [3.63, 3.8) is 0 Å². The number of anilines is 2. The number of aromatic nitrogens is 1. The zero-order valence-corrected chi connectivity index (χ0v) is 27.2. The lowest BCUT2D eigenvalue weighted by Crippen LogP contribution is -2.35. The summed E-state index contributed by atoms with van der Waals surface area (Å²) in [6.45, 7) is 1.47. The van der Waals surface area contributed by atoms with E-state index in [0.717, 1.165) is 27.2 Å². The molecule has 0 aliphatic rings. The Morgan fingerprint density at radius 1 is 0.750 bits per heavy atom. The van der Waals surface area contributed by atoms with E-state index in [4.69, 9.17) is 9.47 Å². The summed E-state index contributed by atoms with van der Waals surface area (Å²) in [5.74, 6) is -4.39. The van der Waals surface area contributed by atoms with E-state index in [1.165, 1.54) is 9.80 Å². The van der Waals surface area contributed by atoms with Crippen molar-refractivity contribution < 1.29 is 53.6 Å². The van der Waals surface area contributed by atoms with Crippen LogP contribution in [0.5, 0.6) is 11.5 Å². The monoisotopic (exact) mass is 678 g/mol. The highest BCUT2D eigenvalue weighted by molar-refractivity contribution is 7.18. The lowest BCUT2D eigenvalue weighted by atomic mass is 10.1. The first kappa shape index (κ1) is 35.2. The smallest absolute Gasteiger partial charge is 0.323 e. The number of carboxylic acid groups (broad SMARTS) is 4. The number of nitrogens with zero attached hydrogens (tertiary/aromatic N) is 3. The zero-order valence-electron chi connectivity index (χ0n) is 26.4. The van der Waals surface area contributed by atoms with Crippen LogP contribution in [0.1, 0.15) is 23.1 Å². The van der Waals surface area contributed by atoms with Crippen LogP contribution in [0.2, 0.25) is 0 Å². The average molecular weight is 679 g/mol. The van der Waals surface area contributed by atoms with Crippen molar-refractivity contribution in [2.45, 2.75) is 20.3 Å². The lowest BCUT2D eigenvalue weighted by molar-refractivity contribution is -0.541. The van der Waals surface area contributed by atoms with E-state index in [2.05, 4.69) is 17.6 Å². The molecule has 48 heavy (non-hydrogen) atoms. The maximum Gasteiger partial charge on any atom is 0.323 e. The van der Waals surface area contributed by atoms with Gasteiger partial charge in [0.05, 0.1) is 11.4 Å². The van der Waals surface area contributed by atoms with Crippen molar-refractivity contribution in [1.82, 2.24) is 0 Å². The van der Waals surface area contributed by atoms with Crippen LogP contribution in [0.3, 0.4) is 0 Å². The molecular formula is C34H36N3O10S+. The molecule has 3 aromatic carbocycles. The van der Waals surface area contributed by atoms with Crippen LogP contribution < -0.4 is 23.8 Å². The van der Waals surface area contributed by atoms with Gasteiger partial charge in [-0.2, -0.15) is 4.57 Å². The molecule has 14 heteroatoms. The van der Waals surface area contributed by atoms with Gasteiger partial charge < -0.3 is 39.7 Å². The normalized spacial score (nSPS) is 11.0. The lowest BCUT2D eigenvalue weighted by Gasteiger charge is -2.25. The number of thiazole rings is 1. The molecule has 4 N–H and O–H groups in total. The largest absolute Gasteiger partial charge is 0.488 e. The van der Waals surface area contributed by atoms with Crippen LogP contribution in [0.25, 0.3) is 22.5 Å². The summed E-state index contributed by atoms with van der Waals surface area (Å²) in [6.07, 6.45) is 4.64. The quantitative estimate of drug-likeness (QED) is 0.0877. The van der Waals surface area contributed by atoms with Crippen molar-refractivity contribution in [1.29, 1.82) is 0 Å². The van der Waals surface area contributed by atoms with E-state index in [1.54, 1.807) is 54.7 Å². The van der Waals surface area contributed by atoms with E-state index in [-0.39, 0.29) is 36.1 Å². The van der Waals surface area contributed by atoms with Gasteiger partial charge in [0.1, 0.15) is 55.6 Å². The van der Waals surface area contributed by atoms with Crippen LogP contribution in [-0.2, 0) is 25.6 Å². The third-order valence-corrected chi connectivity index (χ3v) is 8.31. The number of hydrogen-bond donors (Lipinski definition) is 4. The number of ether oxygens (including phenoxy) is 2. The summed E-state index contributed by atoms with van der Waals surface area (Å²) >= 11 is 1.69. The van der Waals surface area contributed by atoms with Crippen LogP contribution in [-0.4, -0.2) is 83.7 Å². The van der Waals surface area contributed by atoms with E-state index in [9.17, 15) is 39.6 Å². The van der Waals surface area contributed by atoms with Gasteiger partial charge in [0.15, 0.2) is 6.20 Å². The molecule has 0 saturated carbocycles. The average Bonchev–Trinajstić information content (AvgIpc) is 3.38.